The second-order valence-corrected chi connectivity index (χ2v) is 30.2. The third-order valence-electron chi connectivity index (χ3n) is 19.4. The molecule has 1 fully saturated rings. The van der Waals surface area contributed by atoms with Gasteiger partial charge in [-0.1, -0.05) is 39.8 Å². The Morgan fingerprint density at radius 3 is 1.68 bits per heavy atom. The van der Waals surface area contributed by atoms with Gasteiger partial charge in [0.25, 0.3) is 0 Å². The fraction of sp³-hybridized carbons (Fsp3) is 0.747. The molecule has 4 rings (SSSR count). The first-order valence-electron chi connectivity index (χ1n) is 40.3. The van der Waals surface area contributed by atoms with Crippen LogP contribution >= 0.6 is 0 Å². The summed E-state index contributed by atoms with van der Waals surface area (Å²) in [4.78, 5) is 130. The van der Waals surface area contributed by atoms with Crippen LogP contribution in [-0.2, 0) is 92.3 Å². The average Bonchev–Trinajstić information content (AvgIpc) is 1.63. The number of hydrogen-bond acceptors (Lipinski definition) is 23. The summed E-state index contributed by atoms with van der Waals surface area (Å²) in [5.41, 5.74) is 26.2. The maximum absolute atomic E-state index is 13.6. The number of urea groups is 1. The van der Waals surface area contributed by atoms with Crippen LogP contribution in [0.2, 0.25) is 0 Å². The number of hydrogen-bond donors (Lipinski definition) is 11. The number of amides is 11. The van der Waals surface area contributed by atoms with Crippen LogP contribution in [0.4, 0.5) is 20.1 Å². The quantitative estimate of drug-likeness (QED) is 0.0254. The number of nitrogens with one attached hydrogen (secondary N) is 7. The van der Waals surface area contributed by atoms with Gasteiger partial charge in [-0.3, -0.25) is 38.5 Å². The van der Waals surface area contributed by atoms with E-state index in [-0.39, 0.29) is 115 Å². The van der Waals surface area contributed by atoms with E-state index in [9.17, 15) is 47.9 Å². The molecule has 646 valence electrons. The second-order valence-electron chi connectivity index (χ2n) is 30.2. The first-order chi connectivity index (χ1) is 54.6. The molecule has 0 bridgehead atoms. The third-order valence-corrected chi connectivity index (χ3v) is 19.4. The highest BCUT2D eigenvalue weighted by molar-refractivity contribution is 5.92. The topological polar surface area (TPSA) is 467 Å². The van der Waals surface area contributed by atoms with Crippen LogP contribution < -0.4 is 60.2 Å². The molecule has 8 atom stereocenters. The lowest BCUT2D eigenvalue weighted by atomic mass is 9.94. The smallest absolute Gasteiger partial charge is 0.410 e. The van der Waals surface area contributed by atoms with E-state index in [4.69, 9.17) is 75.0 Å². The minimum Gasteiger partial charge on any atom is -0.449 e. The summed E-state index contributed by atoms with van der Waals surface area (Å²) in [6.07, 6.45) is 6.07. The zero-order valence-corrected chi connectivity index (χ0v) is 68.8. The molecule has 35 nitrogen and oxygen atoms in total. The van der Waals surface area contributed by atoms with Crippen LogP contribution in [0.25, 0.3) is 0 Å². The largest absolute Gasteiger partial charge is 0.449 e. The van der Waals surface area contributed by atoms with Crippen molar-refractivity contribution in [3.05, 3.63) is 41.2 Å². The first kappa shape index (κ1) is 98.2. The number of nitrogens with two attached hydrogens (primary N) is 4. The van der Waals surface area contributed by atoms with Gasteiger partial charge in [0.05, 0.1) is 158 Å². The number of fused-ring (bicyclic) bond motifs is 1. The molecule has 3 aliphatic rings. The second kappa shape index (κ2) is 57.0. The minimum absolute atomic E-state index is 0.0469. The molecule has 0 radical (unpaired) electrons. The van der Waals surface area contributed by atoms with Gasteiger partial charge in [-0.05, 0) is 111 Å². The number of quaternary nitrogens is 1. The van der Waals surface area contributed by atoms with Crippen LogP contribution in [0.15, 0.2) is 35.7 Å². The lowest BCUT2D eigenvalue weighted by Crippen LogP contribution is -2.54. The van der Waals surface area contributed by atoms with Crippen molar-refractivity contribution in [3.8, 4) is 11.8 Å². The van der Waals surface area contributed by atoms with Gasteiger partial charge in [0.1, 0.15) is 31.3 Å². The van der Waals surface area contributed by atoms with E-state index in [1.807, 2.05) is 0 Å². The highest BCUT2D eigenvalue weighted by Gasteiger charge is 2.49. The zero-order chi connectivity index (χ0) is 83.5. The average molecular weight is 1620 g/mol. The van der Waals surface area contributed by atoms with E-state index in [1.54, 1.807) is 56.9 Å². The predicted molar refractivity (Wildman–Crippen MR) is 425 cm³/mol. The normalized spacial score (nSPS) is 17.5. The third kappa shape index (κ3) is 43.0. The van der Waals surface area contributed by atoms with Crippen LogP contribution in [-0.4, -0.2) is 291 Å². The Hall–Kier alpha value is -8.18. The number of carbonyl (C=O) groups is 10. The van der Waals surface area contributed by atoms with E-state index in [0.29, 0.717) is 184 Å². The Morgan fingerprint density at radius 1 is 0.570 bits per heavy atom. The molecule has 0 saturated heterocycles. The lowest BCUT2D eigenvalue weighted by molar-refractivity contribution is -0.869. The monoisotopic (exact) mass is 1620 g/mol. The van der Waals surface area contributed by atoms with Gasteiger partial charge in [-0.25, -0.2) is 14.4 Å². The fourth-order valence-corrected chi connectivity index (χ4v) is 13.0. The fourth-order valence-electron chi connectivity index (χ4n) is 13.0. The van der Waals surface area contributed by atoms with Crippen molar-refractivity contribution in [3.63, 3.8) is 0 Å². The van der Waals surface area contributed by atoms with Crippen LogP contribution in [0.1, 0.15) is 136 Å². The molecule has 0 spiro atoms. The van der Waals surface area contributed by atoms with Gasteiger partial charge in [0.2, 0.25) is 41.4 Å². The van der Waals surface area contributed by atoms with Crippen molar-refractivity contribution in [2.24, 2.45) is 52.5 Å². The standard InChI is InChI=1S/C79H134N14O21/c1-56(2)72(74(81)98)90-76(100)64(89-69(96)29-37-105-41-45-109-49-51-111-47-43-107-39-33-87-78(102)113-54-63-61-19-11-9-10-12-20-62(61)63)21-13-15-30-85-70(97)55-112-66-22-17-18-60(52-65(71(66)80)84-32-38-106-42-46-110-50-48-108-44-40-104-36-28-67(94)86-31-35-93(6,7)8)92(77(83)101)34-16-14-23-68(95)88-59-26-24-58(25-27-59)53-114-79(103)91(5)73(57(3)4)75(82)99/h24-27,56-57,60-64,66,72-73,84H,11-23,28-55,80H2,1-8H3,(H11-,81,82,83,85,86,87,88,89,90,94,95,96,97,98,99,100,101,102)/p+1/t60?,61-,62+,63?,64-,66?,72+,73+/m1/s1. The van der Waals surface area contributed by atoms with Crippen LogP contribution in [0.3, 0.4) is 0 Å². The lowest BCUT2D eigenvalue weighted by Gasteiger charge is -2.35. The van der Waals surface area contributed by atoms with Crippen LogP contribution in [0, 0.1) is 41.4 Å². The molecule has 35 heteroatoms. The summed E-state index contributed by atoms with van der Waals surface area (Å²) in [6, 6.07) is 2.90. The molecular formula is C79H135N14O21+. The number of ether oxygens (including phenoxy) is 11. The Kier molecular flexibility index (Phi) is 49.1. The molecule has 3 unspecified atom stereocenters. The highest BCUT2D eigenvalue weighted by Crippen LogP contribution is 2.52. The number of anilines is 1. The van der Waals surface area contributed by atoms with Gasteiger partial charge < -0.3 is 122 Å². The molecular weight excluding hydrogens is 1480 g/mol. The number of nitrogens with zero attached hydrogens (tertiary/aromatic N) is 3. The predicted octanol–water partition coefficient (Wildman–Crippen LogP) is 2.64. The summed E-state index contributed by atoms with van der Waals surface area (Å²) in [7, 11) is 7.64. The maximum atomic E-state index is 13.6. The van der Waals surface area contributed by atoms with Crippen molar-refractivity contribution in [1.82, 2.24) is 41.7 Å². The van der Waals surface area contributed by atoms with Gasteiger partial charge >= 0.3 is 18.2 Å². The molecule has 11 amide bonds. The molecule has 1 saturated carbocycles. The molecule has 15 N–H and O–H groups in total. The molecule has 114 heavy (non-hydrogen) atoms. The Labute approximate surface area is 673 Å². The molecule has 0 aliphatic heterocycles. The number of alkyl carbamates (subject to hydrolysis) is 1. The Morgan fingerprint density at radius 2 is 1.13 bits per heavy atom. The highest BCUT2D eigenvalue weighted by atomic mass is 16.6. The number of primary amides is 3. The molecule has 0 aromatic heterocycles. The van der Waals surface area contributed by atoms with Gasteiger partial charge in [0, 0.05) is 89.2 Å². The molecule has 3 aliphatic carbocycles. The Bertz CT molecular complexity index is 3120. The summed E-state index contributed by atoms with van der Waals surface area (Å²) in [5, 5.41) is 20.2. The SMILES string of the molecule is CC(C)[C@H](NC(=O)[C@@H](CCCCNC(=O)COC1CCCC(N(CCCCC(=O)Nc2ccc(COC(=O)N(C)[C@H](C(N)=O)C(C)C)cc2)C(N)=O)CC(NCCOCCOCCOCCOCCC(=O)NCC[N+](C)(C)C)=C1N)NC(=O)CCOCCOCCOCCOCCNC(=O)OCC1[C@H]2CCC#CCC[C@@H]12)C(N)=O. The molecule has 1 aromatic rings. The summed E-state index contributed by atoms with van der Waals surface area (Å²) in [6.45, 7) is 14.2. The zero-order valence-electron chi connectivity index (χ0n) is 68.8. The van der Waals surface area contributed by atoms with Gasteiger partial charge in [0.15, 0.2) is 0 Å². The summed E-state index contributed by atoms with van der Waals surface area (Å²) < 4.78 is 62.8. The van der Waals surface area contributed by atoms with E-state index in [2.05, 4.69) is 70.2 Å². The van der Waals surface area contributed by atoms with Crippen molar-refractivity contribution >= 4 is 65.3 Å². The number of carbonyl (C=O) groups excluding carboxylic acids is 10. The van der Waals surface area contributed by atoms with Gasteiger partial charge in [-0.2, -0.15) is 0 Å². The van der Waals surface area contributed by atoms with Crippen LogP contribution in [0.5, 0.6) is 0 Å². The van der Waals surface area contributed by atoms with Crippen molar-refractivity contribution in [2.75, 3.05) is 192 Å². The van der Waals surface area contributed by atoms with Crippen molar-refractivity contribution in [2.45, 2.75) is 167 Å². The minimum atomic E-state index is -1.03. The number of likely N-dealkylation sites (N-methyl/N-ethyl adjacent to an activating group) is 2. The summed E-state index contributed by atoms with van der Waals surface area (Å²) in [5.74, 6) is 4.38. The van der Waals surface area contributed by atoms with Gasteiger partial charge in [-0.15, -0.1) is 11.8 Å². The first-order valence-corrected chi connectivity index (χ1v) is 40.3. The Balaban J connectivity index is 1.20. The van der Waals surface area contributed by atoms with E-state index in [1.165, 1.54) is 11.9 Å². The van der Waals surface area contributed by atoms with Crippen molar-refractivity contribution < 1.29 is 105 Å². The maximum Gasteiger partial charge on any atom is 0.410 e. The summed E-state index contributed by atoms with van der Waals surface area (Å²) >= 11 is 0. The number of benzene rings is 1. The van der Waals surface area contributed by atoms with E-state index in [0.717, 1.165) is 36.7 Å². The molecule has 1 aromatic carbocycles. The van der Waals surface area contributed by atoms with Crippen molar-refractivity contribution in [1.29, 1.82) is 0 Å². The number of rotatable bonds is 61. The van der Waals surface area contributed by atoms with E-state index < -0.39 is 78.0 Å². The molecule has 0 heterocycles. The number of unbranched alkanes of at least 4 members (excludes halogenated alkanes) is 2. The van der Waals surface area contributed by atoms with E-state index >= 15 is 0 Å².